The second kappa shape index (κ2) is 5.70. The number of carbonyl (C=O) groups is 2. The number of benzene rings is 1. The van der Waals surface area contributed by atoms with Gasteiger partial charge in [0.15, 0.2) is 0 Å². The first-order chi connectivity index (χ1) is 7.63. The van der Waals surface area contributed by atoms with Gasteiger partial charge in [-0.1, -0.05) is 37.3 Å². The van der Waals surface area contributed by atoms with E-state index in [9.17, 15) is 9.59 Å². The van der Waals surface area contributed by atoms with Gasteiger partial charge in [0.25, 0.3) is 5.91 Å². The van der Waals surface area contributed by atoms with Gasteiger partial charge in [0.05, 0.1) is 0 Å². The van der Waals surface area contributed by atoms with Crippen LogP contribution in [0, 0.1) is 0 Å². The molecule has 0 aliphatic heterocycles. The van der Waals surface area contributed by atoms with Gasteiger partial charge < -0.3 is 5.73 Å². The van der Waals surface area contributed by atoms with Crippen molar-refractivity contribution in [3.63, 3.8) is 0 Å². The van der Waals surface area contributed by atoms with Gasteiger partial charge >= 0.3 is 6.03 Å². The van der Waals surface area contributed by atoms with Crippen LogP contribution in [0.1, 0.15) is 18.9 Å². The molecule has 0 saturated carbocycles. The van der Waals surface area contributed by atoms with E-state index in [1.54, 1.807) is 6.08 Å². The maximum atomic E-state index is 11.5. The van der Waals surface area contributed by atoms with Crippen molar-refractivity contribution >= 4 is 18.0 Å². The Balaban J connectivity index is 2.86. The van der Waals surface area contributed by atoms with E-state index in [1.165, 1.54) is 0 Å². The van der Waals surface area contributed by atoms with Crippen molar-refractivity contribution in [2.24, 2.45) is 5.73 Å². The molecule has 1 aromatic rings. The Morgan fingerprint density at radius 1 is 1.31 bits per heavy atom. The Morgan fingerprint density at radius 2 is 1.94 bits per heavy atom. The van der Waals surface area contributed by atoms with Crippen LogP contribution in [0.5, 0.6) is 0 Å². The van der Waals surface area contributed by atoms with Gasteiger partial charge in [0, 0.05) is 5.57 Å². The van der Waals surface area contributed by atoms with E-state index < -0.39 is 11.9 Å². The van der Waals surface area contributed by atoms with Crippen molar-refractivity contribution in [1.29, 1.82) is 0 Å². The summed E-state index contributed by atoms with van der Waals surface area (Å²) < 4.78 is 0. The highest BCUT2D eigenvalue weighted by molar-refractivity contribution is 6.05. The van der Waals surface area contributed by atoms with Gasteiger partial charge in [-0.2, -0.15) is 0 Å². The van der Waals surface area contributed by atoms with Crippen LogP contribution in [0.3, 0.4) is 0 Å². The summed E-state index contributed by atoms with van der Waals surface area (Å²) in [4.78, 5) is 22.1. The quantitative estimate of drug-likeness (QED) is 0.757. The largest absolute Gasteiger partial charge is 0.351 e. The van der Waals surface area contributed by atoms with E-state index >= 15 is 0 Å². The van der Waals surface area contributed by atoms with Crippen molar-refractivity contribution < 1.29 is 9.59 Å². The Labute approximate surface area is 94.1 Å². The summed E-state index contributed by atoms with van der Waals surface area (Å²) in [6, 6.07) is 8.58. The van der Waals surface area contributed by atoms with E-state index in [4.69, 9.17) is 5.73 Å². The fraction of sp³-hybridized carbons (Fsp3) is 0.167. The zero-order valence-corrected chi connectivity index (χ0v) is 9.07. The number of primary amides is 1. The normalized spacial score (nSPS) is 10.9. The molecule has 0 aromatic heterocycles. The molecule has 0 fully saturated rings. The minimum absolute atomic E-state index is 0.446. The van der Waals surface area contributed by atoms with Crippen molar-refractivity contribution in [3.8, 4) is 0 Å². The summed E-state index contributed by atoms with van der Waals surface area (Å²) in [6.45, 7) is 1.84. The van der Waals surface area contributed by atoms with Gasteiger partial charge in [-0.3, -0.25) is 10.1 Å². The third kappa shape index (κ3) is 3.57. The number of nitrogens with one attached hydrogen (secondary N) is 1. The molecule has 0 spiro atoms. The highest BCUT2D eigenvalue weighted by Crippen LogP contribution is 2.09. The molecule has 1 aromatic carbocycles. The van der Waals surface area contributed by atoms with E-state index in [0.29, 0.717) is 12.0 Å². The lowest BCUT2D eigenvalue weighted by atomic mass is 10.1. The summed E-state index contributed by atoms with van der Waals surface area (Å²) in [7, 11) is 0. The van der Waals surface area contributed by atoms with E-state index in [1.807, 2.05) is 42.6 Å². The van der Waals surface area contributed by atoms with Gasteiger partial charge in [0.2, 0.25) is 0 Å². The molecule has 0 bridgehead atoms. The molecule has 3 N–H and O–H groups in total. The summed E-state index contributed by atoms with van der Waals surface area (Å²) >= 11 is 0. The van der Waals surface area contributed by atoms with Crippen molar-refractivity contribution in [3.05, 3.63) is 41.5 Å². The molecule has 0 heterocycles. The molecule has 1 rings (SSSR count). The SMILES string of the molecule is CC/C(=C\c1ccccc1)C(=O)NC(N)=O. The van der Waals surface area contributed by atoms with Crippen molar-refractivity contribution in [2.75, 3.05) is 0 Å². The van der Waals surface area contributed by atoms with Gasteiger partial charge in [-0.15, -0.1) is 0 Å². The Kier molecular flexibility index (Phi) is 4.27. The van der Waals surface area contributed by atoms with Crippen LogP contribution < -0.4 is 11.1 Å². The molecule has 16 heavy (non-hydrogen) atoms. The van der Waals surface area contributed by atoms with Crippen molar-refractivity contribution in [2.45, 2.75) is 13.3 Å². The molecule has 4 heteroatoms. The Morgan fingerprint density at radius 3 is 2.44 bits per heavy atom. The molecular formula is C12H14N2O2. The Hall–Kier alpha value is -2.10. The number of imide groups is 1. The first-order valence-corrected chi connectivity index (χ1v) is 5.00. The monoisotopic (exact) mass is 218 g/mol. The summed E-state index contributed by atoms with van der Waals surface area (Å²) in [5, 5.41) is 2.05. The lowest BCUT2D eigenvalue weighted by Crippen LogP contribution is -2.35. The topological polar surface area (TPSA) is 72.2 Å². The van der Waals surface area contributed by atoms with Gasteiger partial charge in [-0.05, 0) is 18.1 Å². The van der Waals surface area contributed by atoms with Crippen LogP contribution >= 0.6 is 0 Å². The van der Waals surface area contributed by atoms with Crippen LogP contribution in [0.25, 0.3) is 6.08 Å². The molecule has 3 amide bonds. The number of nitrogens with two attached hydrogens (primary N) is 1. The molecule has 0 aliphatic carbocycles. The predicted molar refractivity (Wildman–Crippen MR) is 62.4 cm³/mol. The van der Waals surface area contributed by atoms with Crippen LogP contribution in [0.2, 0.25) is 0 Å². The summed E-state index contributed by atoms with van der Waals surface area (Å²) in [5.41, 5.74) is 6.32. The fourth-order valence-corrected chi connectivity index (χ4v) is 1.27. The molecular weight excluding hydrogens is 204 g/mol. The zero-order chi connectivity index (χ0) is 12.0. The average molecular weight is 218 g/mol. The predicted octanol–water partition coefficient (Wildman–Crippen LogP) is 1.67. The molecule has 0 aliphatic rings. The van der Waals surface area contributed by atoms with E-state index in [2.05, 4.69) is 0 Å². The van der Waals surface area contributed by atoms with Crippen LogP contribution in [0.4, 0.5) is 4.79 Å². The maximum absolute atomic E-state index is 11.5. The number of carbonyl (C=O) groups excluding carboxylic acids is 2. The zero-order valence-electron chi connectivity index (χ0n) is 9.07. The standard InChI is InChI=1S/C12H14N2O2/c1-2-10(11(15)14-12(13)16)8-9-6-4-3-5-7-9/h3-8H,2H2,1H3,(H3,13,14,15,16)/b10-8+. The summed E-state index contributed by atoms with van der Waals surface area (Å²) in [6.07, 6.45) is 2.27. The van der Waals surface area contributed by atoms with Crippen LogP contribution in [0.15, 0.2) is 35.9 Å². The molecule has 84 valence electrons. The number of urea groups is 1. The second-order valence-electron chi connectivity index (χ2n) is 3.25. The minimum atomic E-state index is -0.836. The lowest BCUT2D eigenvalue weighted by molar-refractivity contribution is -0.116. The summed E-state index contributed by atoms with van der Waals surface area (Å²) in [5.74, 6) is -0.446. The highest BCUT2D eigenvalue weighted by atomic mass is 16.2. The highest BCUT2D eigenvalue weighted by Gasteiger charge is 2.08. The number of hydrogen-bond acceptors (Lipinski definition) is 2. The van der Waals surface area contributed by atoms with Gasteiger partial charge in [-0.25, -0.2) is 4.79 Å². The number of hydrogen-bond donors (Lipinski definition) is 2. The maximum Gasteiger partial charge on any atom is 0.319 e. The first-order valence-electron chi connectivity index (χ1n) is 5.00. The minimum Gasteiger partial charge on any atom is -0.351 e. The lowest BCUT2D eigenvalue weighted by Gasteiger charge is -2.03. The molecule has 0 unspecified atom stereocenters. The molecule has 0 radical (unpaired) electrons. The van der Waals surface area contributed by atoms with E-state index in [0.717, 1.165) is 5.56 Å². The smallest absolute Gasteiger partial charge is 0.319 e. The van der Waals surface area contributed by atoms with Crippen LogP contribution in [-0.4, -0.2) is 11.9 Å². The number of rotatable bonds is 3. The molecule has 0 atom stereocenters. The number of amides is 3. The molecule has 0 saturated heterocycles. The van der Waals surface area contributed by atoms with Gasteiger partial charge in [0.1, 0.15) is 0 Å². The van der Waals surface area contributed by atoms with Crippen molar-refractivity contribution in [1.82, 2.24) is 5.32 Å². The third-order valence-corrected chi connectivity index (χ3v) is 2.05. The average Bonchev–Trinajstić information content (AvgIpc) is 2.26. The Bertz CT molecular complexity index is 410. The fourth-order valence-electron chi connectivity index (χ4n) is 1.27. The second-order valence-corrected chi connectivity index (χ2v) is 3.25. The van der Waals surface area contributed by atoms with Crippen LogP contribution in [-0.2, 0) is 4.79 Å². The third-order valence-electron chi connectivity index (χ3n) is 2.05. The van der Waals surface area contributed by atoms with E-state index in [-0.39, 0.29) is 0 Å². The molecule has 4 nitrogen and oxygen atoms in total. The first kappa shape index (κ1) is 12.0.